The largest absolute Gasteiger partial charge is 0.465 e. The first-order chi connectivity index (χ1) is 8.58. The Morgan fingerprint density at radius 3 is 2.83 bits per heavy atom. The highest BCUT2D eigenvalue weighted by Gasteiger charge is 2.11. The minimum Gasteiger partial charge on any atom is -0.465 e. The smallest absolute Gasteiger partial charge is 0.339 e. The lowest BCUT2D eigenvalue weighted by Crippen LogP contribution is -2.17. The summed E-state index contributed by atoms with van der Waals surface area (Å²) in [5, 5.41) is 12.0. The van der Waals surface area contributed by atoms with E-state index in [2.05, 4.69) is 15.0 Å². The summed E-state index contributed by atoms with van der Waals surface area (Å²) in [6, 6.07) is 3.69. The van der Waals surface area contributed by atoms with Crippen LogP contribution >= 0.6 is 0 Å². The molecule has 2 N–H and O–H groups in total. The van der Waals surface area contributed by atoms with Gasteiger partial charge in [0.2, 0.25) is 0 Å². The van der Waals surface area contributed by atoms with E-state index < -0.39 is 0 Å². The van der Waals surface area contributed by atoms with E-state index in [9.17, 15) is 4.79 Å². The first-order valence-electron chi connectivity index (χ1n) is 6.01. The number of ether oxygens (including phenoxy) is 1. The van der Waals surface area contributed by atoms with E-state index >= 15 is 0 Å². The molecular formula is C13H20N2O3. The number of nitrogens with one attached hydrogen (secondary N) is 1. The van der Waals surface area contributed by atoms with E-state index in [1.54, 1.807) is 19.1 Å². The number of esters is 1. The van der Waals surface area contributed by atoms with Crippen molar-refractivity contribution in [3.05, 3.63) is 23.4 Å². The fraction of sp³-hybridized carbons (Fsp3) is 0.538. The molecule has 0 aliphatic heterocycles. The average molecular weight is 252 g/mol. The molecule has 1 aromatic heterocycles. The van der Waals surface area contributed by atoms with Crippen molar-refractivity contribution in [3.63, 3.8) is 0 Å². The number of carbonyl (C=O) groups is 1. The number of anilines is 1. The third-order valence-electron chi connectivity index (χ3n) is 2.68. The van der Waals surface area contributed by atoms with Gasteiger partial charge in [-0.05, 0) is 38.8 Å². The van der Waals surface area contributed by atoms with Gasteiger partial charge in [-0.25, -0.2) is 9.78 Å². The summed E-state index contributed by atoms with van der Waals surface area (Å²) in [7, 11) is 1.35. The number of carbonyl (C=O) groups excluding carboxylic acids is 1. The molecule has 18 heavy (non-hydrogen) atoms. The van der Waals surface area contributed by atoms with Gasteiger partial charge < -0.3 is 15.2 Å². The topological polar surface area (TPSA) is 71.5 Å². The van der Waals surface area contributed by atoms with Gasteiger partial charge >= 0.3 is 5.97 Å². The third kappa shape index (κ3) is 4.00. The Balaban J connectivity index is 2.69. The van der Waals surface area contributed by atoms with Crippen LogP contribution in [0.3, 0.4) is 0 Å². The van der Waals surface area contributed by atoms with Crippen molar-refractivity contribution in [3.8, 4) is 0 Å². The van der Waals surface area contributed by atoms with Gasteiger partial charge in [0.15, 0.2) is 0 Å². The molecule has 100 valence electrons. The molecule has 0 saturated heterocycles. The Bertz CT molecular complexity index is 407. The van der Waals surface area contributed by atoms with Crippen LogP contribution < -0.4 is 5.32 Å². The molecule has 0 aliphatic carbocycles. The number of hydrogen-bond acceptors (Lipinski definition) is 5. The highest BCUT2D eigenvalue weighted by atomic mass is 16.5. The number of aryl methyl sites for hydroxylation is 1. The van der Waals surface area contributed by atoms with E-state index in [4.69, 9.17) is 5.11 Å². The standard InChI is InChI=1S/C13H20N2O3/c1-9(5-4-8-16)14-12-7-6-11(10(2)15-12)13(17)18-3/h6-7,9,16H,4-5,8H2,1-3H3,(H,14,15). The monoisotopic (exact) mass is 252 g/mol. The summed E-state index contributed by atoms with van der Waals surface area (Å²) in [6.07, 6.45) is 1.63. The fourth-order valence-corrected chi connectivity index (χ4v) is 1.69. The van der Waals surface area contributed by atoms with Crippen LogP contribution in [0.1, 0.15) is 35.8 Å². The summed E-state index contributed by atoms with van der Waals surface area (Å²) in [6.45, 7) is 4.00. The molecule has 1 unspecified atom stereocenters. The van der Waals surface area contributed by atoms with Gasteiger partial charge in [-0.15, -0.1) is 0 Å². The van der Waals surface area contributed by atoms with Gasteiger partial charge in [0.1, 0.15) is 5.82 Å². The number of rotatable bonds is 6. The summed E-state index contributed by atoms with van der Waals surface area (Å²) in [5.41, 5.74) is 1.12. The fourth-order valence-electron chi connectivity index (χ4n) is 1.69. The lowest BCUT2D eigenvalue weighted by molar-refractivity contribution is 0.0599. The number of methoxy groups -OCH3 is 1. The number of pyridine rings is 1. The Labute approximate surface area is 107 Å². The Morgan fingerprint density at radius 2 is 2.28 bits per heavy atom. The van der Waals surface area contributed by atoms with Crippen LogP contribution in [0.2, 0.25) is 0 Å². The molecule has 1 atom stereocenters. The van der Waals surface area contributed by atoms with Crippen molar-refractivity contribution in [2.24, 2.45) is 0 Å². The first kappa shape index (κ1) is 14.4. The Hall–Kier alpha value is -1.62. The minimum absolute atomic E-state index is 0.194. The maximum Gasteiger partial charge on any atom is 0.339 e. The zero-order chi connectivity index (χ0) is 13.5. The molecule has 0 fully saturated rings. The van der Waals surface area contributed by atoms with E-state index in [1.165, 1.54) is 7.11 Å². The van der Waals surface area contributed by atoms with Crippen molar-refractivity contribution in [1.29, 1.82) is 0 Å². The van der Waals surface area contributed by atoms with Crippen molar-refractivity contribution in [2.45, 2.75) is 32.7 Å². The molecule has 0 spiro atoms. The van der Waals surface area contributed by atoms with Gasteiger partial charge in [-0.1, -0.05) is 0 Å². The highest BCUT2D eigenvalue weighted by Crippen LogP contribution is 2.13. The number of aromatic nitrogens is 1. The molecule has 5 heteroatoms. The van der Waals surface area contributed by atoms with E-state index in [0.717, 1.165) is 18.7 Å². The predicted octanol–water partition coefficient (Wildman–Crippen LogP) is 1.75. The summed E-state index contributed by atoms with van der Waals surface area (Å²) >= 11 is 0. The van der Waals surface area contributed by atoms with Crippen LogP contribution in [0.4, 0.5) is 5.82 Å². The summed E-state index contributed by atoms with van der Waals surface area (Å²) in [5.74, 6) is 0.352. The van der Waals surface area contributed by atoms with E-state index in [0.29, 0.717) is 11.3 Å². The zero-order valence-electron chi connectivity index (χ0n) is 11.1. The third-order valence-corrected chi connectivity index (χ3v) is 2.68. The van der Waals surface area contributed by atoms with Crippen molar-refractivity contribution >= 4 is 11.8 Å². The summed E-state index contributed by atoms with van der Waals surface area (Å²) < 4.78 is 4.66. The Kier molecular flexibility index (Phi) is 5.58. The van der Waals surface area contributed by atoms with Crippen LogP contribution in [0.5, 0.6) is 0 Å². The molecule has 1 heterocycles. The normalized spacial score (nSPS) is 12.0. The minimum atomic E-state index is -0.375. The van der Waals surface area contributed by atoms with Gasteiger partial charge in [-0.3, -0.25) is 0 Å². The van der Waals surface area contributed by atoms with Crippen LogP contribution in [0.15, 0.2) is 12.1 Å². The number of hydrogen-bond donors (Lipinski definition) is 2. The predicted molar refractivity (Wildman–Crippen MR) is 69.7 cm³/mol. The van der Waals surface area contributed by atoms with Gasteiger partial charge in [0.25, 0.3) is 0 Å². The lowest BCUT2D eigenvalue weighted by Gasteiger charge is -2.14. The molecule has 0 bridgehead atoms. The molecule has 0 saturated carbocycles. The summed E-state index contributed by atoms with van der Waals surface area (Å²) in [4.78, 5) is 15.7. The van der Waals surface area contributed by atoms with Gasteiger partial charge in [-0.2, -0.15) is 0 Å². The lowest BCUT2D eigenvalue weighted by atomic mass is 10.1. The molecule has 1 rings (SSSR count). The number of aliphatic hydroxyl groups excluding tert-OH is 1. The molecule has 0 radical (unpaired) electrons. The molecule has 0 amide bonds. The first-order valence-corrected chi connectivity index (χ1v) is 6.01. The molecular weight excluding hydrogens is 232 g/mol. The SMILES string of the molecule is COC(=O)c1ccc(NC(C)CCCO)nc1C. The van der Waals surface area contributed by atoms with Gasteiger partial charge in [0, 0.05) is 12.6 Å². The van der Waals surface area contributed by atoms with Crippen molar-refractivity contribution in [1.82, 2.24) is 4.98 Å². The number of aliphatic hydroxyl groups is 1. The highest BCUT2D eigenvalue weighted by molar-refractivity contribution is 5.90. The van der Waals surface area contributed by atoms with Crippen LogP contribution in [-0.2, 0) is 4.74 Å². The molecule has 1 aromatic rings. The van der Waals surface area contributed by atoms with Crippen molar-refractivity contribution < 1.29 is 14.6 Å². The second-order valence-electron chi connectivity index (χ2n) is 4.23. The maximum absolute atomic E-state index is 11.4. The van der Waals surface area contributed by atoms with Gasteiger partial charge in [0.05, 0.1) is 18.4 Å². The molecule has 0 aliphatic rings. The molecule has 5 nitrogen and oxygen atoms in total. The quantitative estimate of drug-likeness (QED) is 0.755. The van der Waals surface area contributed by atoms with E-state index in [1.807, 2.05) is 6.92 Å². The number of nitrogens with zero attached hydrogens (tertiary/aromatic N) is 1. The second-order valence-corrected chi connectivity index (χ2v) is 4.23. The van der Waals surface area contributed by atoms with Crippen LogP contribution in [-0.4, -0.2) is 35.8 Å². The van der Waals surface area contributed by atoms with Crippen molar-refractivity contribution in [2.75, 3.05) is 19.0 Å². The molecule has 0 aromatic carbocycles. The van der Waals surface area contributed by atoms with E-state index in [-0.39, 0.29) is 18.6 Å². The second kappa shape index (κ2) is 6.96. The van der Waals surface area contributed by atoms with Crippen LogP contribution in [0.25, 0.3) is 0 Å². The average Bonchev–Trinajstić information content (AvgIpc) is 2.35. The Morgan fingerprint density at radius 1 is 1.56 bits per heavy atom. The van der Waals surface area contributed by atoms with Crippen LogP contribution in [0, 0.1) is 6.92 Å². The zero-order valence-corrected chi connectivity index (χ0v) is 11.1. The maximum atomic E-state index is 11.4.